The molecule has 0 amide bonds. The van der Waals surface area contributed by atoms with Crippen molar-refractivity contribution in [3.63, 3.8) is 0 Å². The van der Waals surface area contributed by atoms with Crippen LogP contribution in [0.15, 0.2) is 30.5 Å². The molecule has 0 spiro atoms. The molecule has 0 aliphatic heterocycles. The minimum atomic E-state index is -4.50. The molecule has 0 aliphatic carbocycles. The van der Waals surface area contributed by atoms with Gasteiger partial charge in [-0.15, -0.1) is 12.1 Å². The van der Waals surface area contributed by atoms with Gasteiger partial charge in [0.15, 0.2) is 0 Å². The Labute approximate surface area is 118 Å². The van der Waals surface area contributed by atoms with Crippen LogP contribution in [0.2, 0.25) is 0 Å². The molecule has 1 aromatic heterocycles. The molecular formula is C12H5F5IrN-. The largest absolute Gasteiger partial charge is 0.417 e. The van der Waals surface area contributed by atoms with E-state index in [9.17, 15) is 22.0 Å². The molecule has 1 heterocycles. The summed E-state index contributed by atoms with van der Waals surface area (Å²) in [5, 5.41) is 0. The van der Waals surface area contributed by atoms with Crippen LogP contribution in [0.5, 0.6) is 0 Å². The summed E-state index contributed by atoms with van der Waals surface area (Å²) in [5.41, 5.74) is -1.15. The summed E-state index contributed by atoms with van der Waals surface area (Å²) in [6, 6.07) is 5.57. The number of hydrogen-bond acceptors (Lipinski definition) is 1. The third kappa shape index (κ3) is 3.58. The fourth-order valence-electron chi connectivity index (χ4n) is 1.35. The van der Waals surface area contributed by atoms with Gasteiger partial charge in [0.2, 0.25) is 0 Å². The van der Waals surface area contributed by atoms with Gasteiger partial charge in [-0.05, 0) is 5.69 Å². The second kappa shape index (κ2) is 5.75. The number of pyridine rings is 1. The fraction of sp³-hybridized carbons (Fsp3) is 0.0833. The van der Waals surface area contributed by atoms with Crippen LogP contribution in [0.4, 0.5) is 22.0 Å². The SMILES string of the molecule is Fc1c[c-]c(-c2ccc(C(F)(F)F)cn2)c(F)c1.[Ir]. The number of halogens is 5. The number of nitrogens with zero attached hydrogens (tertiary/aromatic N) is 1. The van der Waals surface area contributed by atoms with Gasteiger partial charge in [0.25, 0.3) is 0 Å². The standard InChI is InChI=1S/C12H5F5N.Ir/c13-8-2-3-9(10(14)5-8)11-4-1-7(6-18-11)12(15,16)17;/h1-2,4-6H;/q-1;. The maximum Gasteiger partial charge on any atom is 0.417 e. The second-order valence-corrected chi connectivity index (χ2v) is 3.47. The summed E-state index contributed by atoms with van der Waals surface area (Å²) >= 11 is 0. The van der Waals surface area contributed by atoms with Crippen LogP contribution in [0.1, 0.15) is 5.56 Å². The fourth-order valence-corrected chi connectivity index (χ4v) is 1.35. The minimum absolute atomic E-state index is 0. The molecule has 0 fully saturated rings. The van der Waals surface area contributed by atoms with Gasteiger partial charge in [0, 0.05) is 37.9 Å². The molecule has 19 heavy (non-hydrogen) atoms. The average molecular weight is 450 g/mol. The van der Waals surface area contributed by atoms with Crippen molar-refractivity contribution in [2.75, 3.05) is 0 Å². The predicted molar refractivity (Wildman–Crippen MR) is 53.4 cm³/mol. The van der Waals surface area contributed by atoms with Gasteiger partial charge in [0.05, 0.1) is 5.56 Å². The Balaban J connectivity index is 0.00000180. The van der Waals surface area contributed by atoms with Crippen LogP contribution in [0.25, 0.3) is 11.3 Å². The van der Waals surface area contributed by atoms with Crippen molar-refractivity contribution in [3.05, 3.63) is 53.7 Å². The molecule has 2 aromatic rings. The summed E-state index contributed by atoms with van der Waals surface area (Å²) < 4.78 is 62.8. The summed E-state index contributed by atoms with van der Waals surface area (Å²) in [6.07, 6.45) is -3.91. The average Bonchev–Trinajstić information content (AvgIpc) is 2.28. The molecule has 0 aliphatic rings. The molecule has 1 radical (unpaired) electrons. The van der Waals surface area contributed by atoms with Gasteiger partial charge in [-0.25, -0.2) is 0 Å². The zero-order chi connectivity index (χ0) is 13.3. The molecule has 0 bridgehead atoms. The van der Waals surface area contributed by atoms with Crippen molar-refractivity contribution in [3.8, 4) is 11.3 Å². The zero-order valence-corrected chi connectivity index (χ0v) is 11.5. The Morgan fingerprint density at radius 1 is 1.11 bits per heavy atom. The van der Waals surface area contributed by atoms with Crippen molar-refractivity contribution in [1.29, 1.82) is 0 Å². The number of hydrogen-bond donors (Lipinski definition) is 0. The molecule has 0 unspecified atom stereocenters. The normalized spacial score (nSPS) is 11.0. The monoisotopic (exact) mass is 451 g/mol. The van der Waals surface area contributed by atoms with Gasteiger partial charge >= 0.3 is 6.18 Å². The number of aromatic nitrogens is 1. The number of alkyl halides is 3. The third-order valence-electron chi connectivity index (χ3n) is 2.20. The molecule has 1 nitrogen and oxygen atoms in total. The molecule has 103 valence electrons. The molecular weight excluding hydrogens is 445 g/mol. The van der Waals surface area contributed by atoms with E-state index in [0.29, 0.717) is 12.3 Å². The van der Waals surface area contributed by atoms with Crippen LogP contribution >= 0.6 is 0 Å². The van der Waals surface area contributed by atoms with E-state index in [1.807, 2.05) is 0 Å². The number of benzene rings is 1. The zero-order valence-electron chi connectivity index (χ0n) is 9.06. The summed E-state index contributed by atoms with van der Waals surface area (Å²) in [7, 11) is 0. The van der Waals surface area contributed by atoms with E-state index in [1.54, 1.807) is 0 Å². The minimum Gasteiger partial charge on any atom is -0.304 e. The Hall–Kier alpha value is -1.33. The van der Waals surface area contributed by atoms with E-state index in [-0.39, 0.29) is 31.4 Å². The third-order valence-corrected chi connectivity index (χ3v) is 2.20. The van der Waals surface area contributed by atoms with Gasteiger partial charge in [-0.2, -0.15) is 13.2 Å². The molecule has 7 heteroatoms. The van der Waals surface area contributed by atoms with Crippen LogP contribution in [-0.4, -0.2) is 4.98 Å². The van der Waals surface area contributed by atoms with Gasteiger partial charge in [-0.1, -0.05) is 23.8 Å². The van der Waals surface area contributed by atoms with Crippen LogP contribution in [0.3, 0.4) is 0 Å². The van der Waals surface area contributed by atoms with E-state index in [4.69, 9.17) is 0 Å². The van der Waals surface area contributed by atoms with Crippen molar-refractivity contribution in [2.45, 2.75) is 6.18 Å². The van der Waals surface area contributed by atoms with E-state index >= 15 is 0 Å². The maximum atomic E-state index is 13.3. The first-order chi connectivity index (χ1) is 8.38. The Morgan fingerprint density at radius 2 is 1.79 bits per heavy atom. The van der Waals surface area contributed by atoms with Gasteiger partial charge in [0.1, 0.15) is 0 Å². The summed E-state index contributed by atoms with van der Waals surface area (Å²) in [4.78, 5) is 3.49. The van der Waals surface area contributed by atoms with Crippen LogP contribution in [-0.2, 0) is 26.3 Å². The molecule has 0 saturated heterocycles. The van der Waals surface area contributed by atoms with E-state index in [0.717, 1.165) is 18.2 Å². The van der Waals surface area contributed by atoms with Crippen molar-refractivity contribution in [1.82, 2.24) is 4.98 Å². The van der Waals surface area contributed by atoms with Crippen molar-refractivity contribution in [2.24, 2.45) is 0 Å². The van der Waals surface area contributed by atoms with Crippen molar-refractivity contribution >= 4 is 0 Å². The van der Waals surface area contributed by atoms with Gasteiger partial charge in [-0.3, -0.25) is 8.78 Å². The topological polar surface area (TPSA) is 12.9 Å². The molecule has 0 atom stereocenters. The van der Waals surface area contributed by atoms with Gasteiger partial charge < -0.3 is 4.98 Å². The first kappa shape index (κ1) is 15.7. The van der Waals surface area contributed by atoms with E-state index in [2.05, 4.69) is 11.1 Å². The summed E-state index contributed by atoms with van der Waals surface area (Å²) in [5.74, 6) is -1.74. The molecule has 2 rings (SSSR count). The Bertz CT molecular complexity index is 565. The summed E-state index contributed by atoms with van der Waals surface area (Å²) in [6.45, 7) is 0. The smallest absolute Gasteiger partial charge is 0.304 e. The first-order valence-corrected chi connectivity index (χ1v) is 4.78. The van der Waals surface area contributed by atoms with Crippen LogP contribution < -0.4 is 0 Å². The maximum absolute atomic E-state index is 13.3. The predicted octanol–water partition coefficient (Wildman–Crippen LogP) is 3.84. The molecule has 1 aromatic carbocycles. The van der Waals surface area contributed by atoms with E-state index in [1.165, 1.54) is 0 Å². The van der Waals surface area contributed by atoms with E-state index < -0.39 is 23.4 Å². The Morgan fingerprint density at radius 3 is 2.26 bits per heavy atom. The Kier molecular flexibility index (Phi) is 4.76. The first-order valence-electron chi connectivity index (χ1n) is 4.78. The molecule has 0 N–H and O–H groups in total. The molecule has 0 saturated carbocycles. The number of rotatable bonds is 1. The van der Waals surface area contributed by atoms with Crippen LogP contribution in [0, 0.1) is 17.7 Å². The van der Waals surface area contributed by atoms with Crippen molar-refractivity contribution < 1.29 is 42.1 Å². The quantitative estimate of drug-likeness (QED) is 0.475. The second-order valence-electron chi connectivity index (χ2n) is 3.47.